The van der Waals surface area contributed by atoms with Gasteiger partial charge in [0.15, 0.2) is 0 Å². The first-order chi connectivity index (χ1) is 6.34. The maximum Gasteiger partial charge on any atom is 0.0960 e. The molecule has 0 bridgehead atoms. The van der Waals surface area contributed by atoms with E-state index in [9.17, 15) is 0 Å². The molecule has 0 atom stereocenters. The average molecular weight is 237 g/mol. The Morgan fingerprint density at radius 3 is 3.00 bits per heavy atom. The molecule has 1 saturated carbocycles. The predicted molar refractivity (Wildman–Crippen MR) is 55.7 cm³/mol. The van der Waals surface area contributed by atoms with E-state index in [1.807, 2.05) is 12.4 Å². The number of imidazole rings is 1. The van der Waals surface area contributed by atoms with E-state index in [1.54, 1.807) is 0 Å². The number of halogens is 1. The third-order valence-corrected chi connectivity index (χ3v) is 2.97. The van der Waals surface area contributed by atoms with Gasteiger partial charge in [-0.3, -0.25) is 0 Å². The second kappa shape index (κ2) is 2.58. The molecule has 0 spiro atoms. The van der Waals surface area contributed by atoms with E-state index in [0.717, 1.165) is 9.99 Å². The maximum absolute atomic E-state index is 4.36. The second-order valence-corrected chi connectivity index (χ2v) is 4.43. The summed E-state index contributed by atoms with van der Waals surface area (Å²) in [6.45, 7) is 0. The minimum absolute atomic E-state index is 0.708. The summed E-state index contributed by atoms with van der Waals surface area (Å²) in [6, 6.07) is 6.94. The molecule has 3 rings (SSSR count). The van der Waals surface area contributed by atoms with Crippen LogP contribution < -0.4 is 0 Å². The molecule has 0 N–H and O–H groups in total. The number of aromatic nitrogens is 2. The number of rotatable bonds is 1. The van der Waals surface area contributed by atoms with Gasteiger partial charge in [-0.1, -0.05) is 15.9 Å². The van der Waals surface area contributed by atoms with E-state index in [-0.39, 0.29) is 0 Å². The van der Waals surface area contributed by atoms with Gasteiger partial charge in [0.1, 0.15) is 0 Å². The molecule has 0 radical (unpaired) electrons. The molecule has 66 valence electrons. The molecule has 2 nitrogen and oxygen atoms in total. The highest BCUT2D eigenvalue weighted by Gasteiger charge is 2.24. The van der Waals surface area contributed by atoms with Crippen molar-refractivity contribution in [2.24, 2.45) is 0 Å². The Bertz CT molecular complexity index is 457. The lowest BCUT2D eigenvalue weighted by Crippen LogP contribution is -1.89. The van der Waals surface area contributed by atoms with Crippen LogP contribution in [0, 0.1) is 0 Å². The Morgan fingerprint density at radius 1 is 1.38 bits per heavy atom. The highest BCUT2D eigenvalue weighted by atomic mass is 79.9. The number of fused-ring (bicyclic) bond motifs is 1. The maximum atomic E-state index is 4.36. The monoisotopic (exact) mass is 236 g/mol. The van der Waals surface area contributed by atoms with Crippen molar-refractivity contribution in [2.45, 2.75) is 18.9 Å². The number of benzene rings is 1. The van der Waals surface area contributed by atoms with E-state index in [4.69, 9.17) is 0 Å². The van der Waals surface area contributed by atoms with Gasteiger partial charge in [-0.15, -0.1) is 0 Å². The molecule has 0 aliphatic heterocycles. The fourth-order valence-corrected chi connectivity index (χ4v) is 1.99. The molecule has 1 fully saturated rings. The molecule has 1 heterocycles. The van der Waals surface area contributed by atoms with E-state index >= 15 is 0 Å². The molecule has 2 aromatic rings. The zero-order valence-electron chi connectivity index (χ0n) is 7.07. The summed E-state index contributed by atoms with van der Waals surface area (Å²) >= 11 is 3.48. The van der Waals surface area contributed by atoms with Gasteiger partial charge < -0.3 is 4.57 Å². The molecule has 1 aliphatic rings. The Hall–Kier alpha value is -0.830. The third kappa shape index (κ3) is 1.18. The van der Waals surface area contributed by atoms with Crippen molar-refractivity contribution in [3.63, 3.8) is 0 Å². The van der Waals surface area contributed by atoms with Crippen LogP contribution in [0.3, 0.4) is 0 Å². The van der Waals surface area contributed by atoms with Gasteiger partial charge in [-0.05, 0) is 31.0 Å². The molecule has 0 unspecified atom stereocenters. The van der Waals surface area contributed by atoms with Crippen LogP contribution in [0.5, 0.6) is 0 Å². The largest absolute Gasteiger partial charge is 0.327 e. The topological polar surface area (TPSA) is 17.8 Å². The first-order valence-electron chi connectivity index (χ1n) is 4.47. The highest BCUT2D eigenvalue weighted by Crippen LogP contribution is 2.37. The first-order valence-corrected chi connectivity index (χ1v) is 5.26. The van der Waals surface area contributed by atoms with Crippen molar-refractivity contribution in [1.82, 2.24) is 9.55 Å². The Kier molecular flexibility index (Phi) is 1.50. The normalized spacial score (nSPS) is 16.7. The molecule has 0 amide bonds. The summed E-state index contributed by atoms with van der Waals surface area (Å²) in [5, 5.41) is 0. The molecule has 3 heteroatoms. The van der Waals surface area contributed by atoms with Crippen LogP contribution in [-0.2, 0) is 0 Å². The van der Waals surface area contributed by atoms with Gasteiger partial charge in [0, 0.05) is 10.5 Å². The number of hydrogen-bond donors (Lipinski definition) is 0. The lowest BCUT2D eigenvalue weighted by Gasteiger charge is -2.00. The summed E-state index contributed by atoms with van der Waals surface area (Å²) in [6.07, 6.45) is 4.56. The summed E-state index contributed by atoms with van der Waals surface area (Å²) in [5.74, 6) is 0. The van der Waals surface area contributed by atoms with E-state index in [2.05, 4.69) is 37.6 Å². The van der Waals surface area contributed by atoms with Crippen molar-refractivity contribution in [3.05, 3.63) is 29.0 Å². The van der Waals surface area contributed by atoms with Crippen LogP contribution >= 0.6 is 15.9 Å². The summed E-state index contributed by atoms with van der Waals surface area (Å²) in [4.78, 5) is 4.36. The van der Waals surface area contributed by atoms with Crippen LogP contribution in [-0.4, -0.2) is 9.55 Å². The standard InChI is InChI=1S/C10H9BrN2/c11-7-1-4-9-10(5-7)13(6-12-9)8-2-3-8/h1,4-6,8H,2-3H2. The first kappa shape index (κ1) is 7.56. The van der Waals surface area contributed by atoms with Crippen molar-refractivity contribution in [1.29, 1.82) is 0 Å². The minimum Gasteiger partial charge on any atom is -0.327 e. The van der Waals surface area contributed by atoms with E-state index in [1.165, 1.54) is 18.4 Å². The minimum atomic E-state index is 0.708. The second-order valence-electron chi connectivity index (χ2n) is 3.52. The van der Waals surface area contributed by atoms with Gasteiger partial charge in [0.05, 0.1) is 17.4 Å². The lowest BCUT2D eigenvalue weighted by molar-refractivity contribution is 0.766. The van der Waals surface area contributed by atoms with Crippen LogP contribution in [0.1, 0.15) is 18.9 Å². The van der Waals surface area contributed by atoms with Gasteiger partial charge in [0.25, 0.3) is 0 Å². The summed E-state index contributed by atoms with van der Waals surface area (Å²) < 4.78 is 3.41. The van der Waals surface area contributed by atoms with E-state index < -0.39 is 0 Å². The molecule has 1 aliphatic carbocycles. The fraction of sp³-hybridized carbons (Fsp3) is 0.300. The smallest absolute Gasteiger partial charge is 0.0960 e. The van der Waals surface area contributed by atoms with Crippen LogP contribution in [0.4, 0.5) is 0 Å². The SMILES string of the molecule is Brc1ccc2ncn(C3CC3)c2c1. The molecule has 0 saturated heterocycles. The van der Waals surface area contributed by atoms with E-state index in [0.29, 0.717) is 6.04 Å². The highest BCUT2D eigenvalue weighted by molar-refractivity contribution is 9.10. The van der Waals surface area contributed by atoms with Gasteiger partial charge in [-0.25, -0.2) is 4.98 Å². The fourth-order valence-electron chi connectivity index (χ4n) is 1.64. The third-order valence-electron chi connectivity index (χ3n) is 2.48. The molecular weight excluding hydrogens is 228 g/mol. The van der Waals surface area contributed by atoms with Crippen LogP contribution in [0.15, 0.2) is 29.0 Å². The van der Waals surface area contributed by atoms with Crippen molar-refractivity contribution in [3.8, 4) is 0 Å². The Balaban J connectivity index is 2.29. The van der Waals surface area contributed by atoms with Gasteiger partial charge >= 0.3 is 0 Å². The van der Waals surface area contributed by atoms with Gasteiger partial charge in [-0.2, -0.15) is 0 Å². The zero-order chi connectivity index (χ0) is 8.84. The summed E-state index contributed by atoms with van der Waals surface area (Å²) in [7, 11) is 0. The zero-order valence-corrected chi connectivity index (χ0v) is 8.66. The number of nitrogens with zero attached hydrogens (tertiary/aromatic N) is 2. The van der Waals surface area contributed by atoms with Crippen LogP contribution in [0.2, 0.25) is 0 Å². The molecule has 1 aromatic heterocycles. The number of hydrogen-bond acceptors (Lipinski definition) is 1. The van der Waals surface area contributed by atoms with Crippen molar-refractivity contribution in [2.75, 3.05) is 0 Å². The Morgan fingerprint density at radius 2 is 2.23 bits per heavy atom. The quantitative estimate of drug-likeness (QED) is 0.744. The molecular formula is C10H9BrN2. The van der Waals surface area contributed by atoms with Gasteiger partial charge in [0.2, 0.25) is 0 Å². The molecule has 13 heavy (non-hydrogen) atoms. The summed E-state index contributed by atoms with van der Waals surface area (Å²) in [5.41, 5.74) is 2.34. The molecule has 1 aromatic carbocycles. The Labute approximate surface area is 84.7 Å². The lowest BCUT2D eigenvalue weighted by atomic mass is 10.3. The van der Waals surface area contributed by atoms with Crippen LogP contribution in [0.25, 0.3) is 11.0 Å². The van der Waals surface area contributed by atoms with Crippen molar-refractivity contribution >= 4 is 27.0 Å². The van der Waals surface area contributed by atoms with Crippen molar-refractivity contribution < 1.29 is 0 Å². The average Bonchev–Trinajstić information content (AvgIpc) is 2.87. The predicted octanol–water partition coefficient (Wildman–Crippen LogP) is 3.13.